The molecule has 0 unspecified atom stereocenters. The van der Waals surface area contributed by atoms with E-state index in [0.717, 1.165) is 23.2 Å². The summed E-state index contributed by atoms with van der Waals surface area (Å²) in [6.45, 7) is 4.68. The molecule has 2 rings (SSSR count). The molecule has 4 nitrogen and oxygen atoms in total. The Hall–Kier alpha value is -2.36. The van der Waals surface area contributed by atoms with E-state index in [1.54, 1.807) is 17.3 Å². The van der Waals surface area contributed by atoms with Gasteiger partial charge in [0.05, 0.1) is 0 Å². The summed E-state index contributed by atoms with van der Waals surface area (Å²) >= 11 is 0. The van der Waals surface area contributed by atoms with Crippen LogP contribution in [0.1, 0.15) is 16.7 Å². The van der Waals surface area contributed by atoms with Crippen LogP contribution in [0.4, 0.5) is 10.5 Å². The number of urea groups is 1. The Morgan fingerprint density at radius 1 is 1.19 bits per heavy atom. The molecule has 1 N–H and O–H groups in total. The number of hydrogen-bond acceptors (Lipinski definition) is 2. The Balaban J connectivity index is 1.92. The SMILES string of the molecule is Cc1ccc(C)c(NC(=O)N(C)CCc2ccncc2)c1. The molecule has 1 aromatic carbocycles. The number of aryl methyl sites for hydroxylation is 2. The number of benzene rings is 1. The van der Waals surface area contributed by atoms with Crippen molar-refractivity contribution >= 4 is 11.7 Å². The molecule has 0 aliphatic carbocycles. The lowest BCUT2D eigenvalue weighted by molar-refractivity contribution is 0.223. The third kappa shape index (κ3) is 4.31. The number of nitrogens with zero attached hydrogens (tertiary/aromatic N) is 2. The van der Waals surface area contributed by atoms with Gasteiger partial charge in [-0.25, -0.2) is 4.79 Å². The zero-order valence-electron chi connectivity index (χ0n) is 12.8. The molecule has 2 amide bonds. The van der Waals surface area contributed by atoms with Gasteiger partial charge in [-0.2, -0.15) is 0 Å². The van der Waals surface area contributed by atoms with Crippen LogP contribution in [0.15, 0.2) is 42.7 Å². The number of pyridine rings is 1. The lowest BCUT2D eigenvalue weighted by Gasteiger charge is -2.19. The summed E-state index contributed by atoms with van der Waals surface area (Å²) in [5, 5.41) is 2.96. The van der Waals surface area contributed by atoms with E-state index in [1.807, 2.05) is 51.2 Å². The fourth-order valence-corrected chi connectivity index (χ4v) is 2.03. The highest BCUT2D eigenvalue weighted by atomic mass is 16.2. The first-order valence-electron chi connectivity index (χ1n) is 7.04. The zero-order valence-corrected chi connectivity index (χ0v) is 12.8. The van der Waals surface area contributed by atoms with Crippen LogP contribution in [0.2, 0.25) is 0 Å². The number of aromatic nitrogens is 1. The highest BCUT2D eigenvalue weighted by Crippen LogP contribution is 2.16. The lowest BCUT2D eigenvalue weighted by atomic mass is 10.1. The Morgan fingerprint density at radius 3 is 2.62 bits per heavy atom. The van der Waals surface area contributed by atoms with E-state index in [-0.39, 0.29) is 6.03 Å². The first-order valence-corrected chi connectivity index (χ1v) is 7.04. The van der Waals surface area contributed by atoms with E-state index in [0.29, 0.717) is 6.54 Å². The van der Waals surface area contributed by atoms with E-state index in [2.05, 4.69) is 10.3 Å². The number of hydrogen-bond donors (Lipinski definition) is 1. The molecular formula is C17H21N3O. The molecule has 4 heteroatoms. The van der Waals surface area contributed by atoms with E-state index < -0.39 is 0 Å². The van der Waals surface area contributed by atoms with Crippen molar-refractivity contribution in [2.45, 2.75) is 20.3 Å². The quantitative estimate of drug-likeness (QED) is 0.934. The lowest BCUT2D eigenvalue weighted by Crippen LogP contribution is -2.33. The van der Waals surface area contributed by atoms with E-state index in [9.17, 15) is 4.79 Å². The molecule has 1 aromatic heterocycles. The first-order chi connectivity index (χ1) is 10.1. The maximum Gasteiger partial charge on any atom is 0.321 e. The molecule has 0 radical (unpaired) electrons. The first kappa shape index (κ1) is 15.0. The second kappa shape index (κ2) is 6.88. The molecule has 2 aromatic rings. The minimum atomic E-state index is -0.0854. The van der Waals surface area contributed by atoms with Crippen LogP contribution in [0.5, 0.6) is 0 Å². The van der Waals surface area contributed by atoms with Crippen molar-refractivity contribution in [2.75, 3.05) is 18.9 Å². The minimum absolute atomic E-state index is 0.0854. The number of carbonyl (C=O) groups excluding carboxylic acids is 1. The Bertz CT molecular complexity index is 611. The van der Waals surface area contributed by atoms with E-state index in [1.165, 1.54) is 5.56 Å². The van der Waals surface area contributed by atoms with Gasteiger partial charge in [-0.05, 0) is 55.2 Å². The molecular weight excluding hydrogens is 262 g/mol. The molecule has 0 atom stereocenters. The van der Waals surface area contributed by atoms with Crippen molar-refractivity contribution < 1.29 is 4.79 Å². The summed E-state index contributed by atoms with van der Waals surface area (Å²) in [5.74, 6) is 0. The second-order valence-electron chi connectivity index (χ2n) is 5.28. The molecule has 0 aliphatic heterocycles. The Kier molecular flexibility index (Phi) is 4.93. The smallest absolute Gasteiger partial charge is 0.321 e. The van der Waals surface area contributed by atoms with Crippen molar-refractivity contribution in [3.8, 4) is 0 Å². The fourth-order valence-electron chi connectivity index (χ4n) is 2.03. The van der Waals surface area contributed by atoms with Crippen molar-refractivity contribution in [3.05, 3.63) is 59.4 Å². The van der Waals surface area contributed by atoms with Gasteiger partial charge < -0.3 is 10.2 Å². The van der Waals surface area contributed by atoms with Crippen LogP contribution in [0.25, 0.3) is 0 Å². The summed E-state index contributed by atoms with van der Waals surface area (Å²) in [4.78, 5) is 17.9. The number of carbonyl (C=O) groups is 1. The van der Waals surface area contributed by atoms with Gasteiger partial charge in [-0.3, -0.25) is 4.98 Å². The molecule has 1 heterocycles. The zero-order chi connectivity index (χ0) is 15.2. The molecule has 0 spiro atoms. The molecule has 21 heavy (non-hydrogen) atoms. The number of rotatable bonds is 4. The predicted octanol–water partition coefficient (Wildman–Crippen LogP) is 3.40. The molecule has 0 aliphatic rings. The standard InChI is InChI=1S/C17H21N3O/c1-13-4-5-14(2)16(12-13)19-17(21)20(3)11-8-15-6-9-18-10-7-15/h4-7,9-10,12H,8,11H2,1-3H3,(H,19,21). The van der Waals surface area contributed by atoms with Crippen LogP contribution in [-0.4, -0.2) is 29.5 Å². The number of amides is 2. The van der Waals surface area contributed by atoms with Gasteiger partial charge in [0.2, 0.25) is 0 Å². The van der Waals surface area contributed by atoms with Gasteiger partial charge in [0, 0.05) is 31.7 Å². The van der Waals surface area contributed by atoms with Gasteiger partial charge in [-0.1, -0.05) is 12.1 Å². The third-order valence-corrected chi connectivity index (χ3v) is 3.47. The Labute approximate surface area is 125 Å². The highest BCUT2D eigenvalue weighted by Gasteiger charge is 2.10. The molecule has 0 saturated carbocycles. The van der Waals surface area contributed by atoms with Crippen LogP contribution in [-0.2, 0) is 6.42 Å². The maximum absolute atomic E-state index is 12.2. The molecule has 0 saturated heterocycles. The minimum Gasteiger partial charge on any atom is -0.327 e. The van der Waals surface area contributed by atoms with Crippen molar-refractivity contribution in [2.24, 2.45) is 0 Å². The van der Waals surface area contributed by atoms with Gasteiger partial charge in [-0.15, -0.1) is 0 Å². The summed E-state index contributed by atoms with van der Waals surface area (Å²) in [6, 6.07) is 9.90. The number of likely N-dealkylation sites (N-methyl/N-ethyl adjacent to an activating group) is 1. The van der Waals surface area contributed by atoms with Crippen molar-refractivity contribution in [1.29, 1.82) is 0 Å². The van der Waals surface area contributed by atoms with E-state index in [4.69, 9.17) is 0 Å². The average Bonchev–Trinajstić information content (AvgIpc) is 2.49. The monoisotopic (exact) mass is 283 g/mol. The number of nitrogens with one attached hydrogen (secondary N) is 1. The second-order valence-corrected chi connectivity index (χ2v) is 5.28. The van der Waals surface area contributed by atoms with Crippen LogP contribution < -0.4 is 5.32 Å². The van der Waals surface area contributed by atoms with Crippen molar-refractivity contribution in [3.63, 3.8) is 0 Å². The summed E-state index contributed by atoms with van der Waals surface area (Å²) in [5.41, 5.74) is 4.25. The fraction of sp³-hybridized carbons (Fsp3) is 0.294. The third-order valence-electron chi connectivity index (χ3n) is 3.47. The summed E-state index contributed by atoms with van der Waals surface area (Å²) in [7, 11) is 1.81. The van der Waals surface area contributed by atoms with Gasteiger partial charge in [0.1, 0.15) is 0 Å². The van der Waals surface area contributed by atoms with Crippen LogP contribution >= 0.6 is 0 Å². The number of anilines is 1. The Morgan fingerprint density at radius 2 is 1.90 bits per heavy atom. The molecule has 0 fully saturated rings. The van der Waals surface area contributed by atoms with Gasteiger partial charge in [0.15, 0.2) is 0 Å². The summed E-state index contributed by atoms with van der Waals surface area (Å²) in [6.07, 6.45) is 4.36. The molecule has 110 valence electrons. The van der Waals surface area contributed by atoms with E-state index >= 15 is 0 Å². The normalized spacial score (nSPS) is 10.2. The summed E-state index contributed by atoms with van der Waals surface area (Å²) < 4.78 is 0. The topological polar surface area (TPSA) is 45.2 Å². The highest BCUT2D eigenvalue weighted by molar-refractivity contribution is 5.90. The molecule has 0 bridgehead atoms. The van der Waals surface area contributed by atoms with Crippen molar-refractivity contribution in [1.82, 2.24) is 9.88 Å². The predicted molar refractivity (Wildman–Crippen MR) is 85.5 cm³/mol. The average molecular weight is 283 g/mol. The van der Waals surface area contributed by atoms with Crippen LogP contribution in [0, 0.1) is 13.8 Å². The van der Waals surface area contributed by atoms with Crippen LogP contribution in [0.3, 0.4) is 0 Å². The largest absolute Gasteiger partial charge is 0.327 e. The van der Waals surface area contributed by atoms with Gasteiger partial charge >= 0.3 is 6.03 Å². The maximum atomic E-state index is 12.2. The van der Waals surface area contributed by atoms with Gasteiger partial charge in [0.25, 0.3) is 0 Å².